The van der Waals surface area contributed by atoms with Gasteiger partial charge in [0.2, 0.25) is 11.2 Å². The highest BCUT2D eigenvalue weighted by Crippen LogP contribution is 2.30. The molecule has 0 saturated heterocycles. The van der Waals surface area contributed by atoms with Crippen LogP contribution in [0.3, 0.4) is 0 Å². The Labute approximate surface area is 183 Å². The fourth-order valence-electron chi connectivity index (χ4n) is 2.99. The summed E-state index contributed by atoms with van der Waals surface area (Å²) >= 11 is 13.6. The van der Waals surface area contributed by atoms with Crippen LogP contribution in [0.2, 0.25) is 10.3 Å². The van der Waals surface area contributed by atoms with Crippen LogP contribution in [-0.2, 0) is 25.4 Å². The minimum Gasteiger partial charge on any atom is -0.300 e. The van der Waals surface area contributed by atoms with Gasteiger partial charge in [-0.05, 0) is 17.7 Å². The molecule has 0 aliphatic carbocycles. The van der Waals surface area contributed by atoms with E-state index in [9.17, 15) is 14.4 Å². The van der Waals surface area contributed by atoms with Crippen LogP contribution in [0, 0.1) is 0 Å². The summed E-state index contributed by atoms with van der Waals surface area (Å²) in [5.74, 6) is -0.452. The van der Waals surface area contributed by atoms with Gasteiger partial charge in [0.05, 0.1) is 5.69 Å². The van der Waals surface area contributed by atoms with Crippen molar-refractivity contribution >= 4 is 56.7 Å². The summed E-state index contributed by atoms with van der Waals surface area (Å²) in [6, 6.07) is 7.26. The third kappa shape index (κ3) is 3.42. The normalized spacial score (nSPS) is 11.2. The Morgan fingerprint density at radius 2 is 1.87 bits per heavy atom. The highest BCUT2D eigenvalue weighted by Gasteiger charge is 2.20. The Kier molecular flexibility index (Phi) is 5.22. The van der Waals surface area contributed by atoms with Crippen molar-refractivity contribution in [2.75, 3.05) is 5.32 Å². The first-order valence-corrected chi connectivity index (χ1v) is 10.2. The number of nitrogens with one attached hydrogen (secondary N) is 1. The maximum absolute atomic E-state index is 12.6. The van der Waals surface area contributed by atoms with Gasteiger partial charge >= 0.3 is 5.69 Å². The van der Waals surface area contributed by atoms with E-state index in [2.05, 4.69) is 15.3 Å². The predicted molar refractivity (Wildman–Crippen MR) is 116 cm³/mol. The Bertz CT molecular complexity index is 1420. The smallest absolute Gasteiger partial charge is 0.300 e. The molecule has 3 heterocycles. The number of halogens is 2. The first-order chi connectivity index (χ1) is 14.3. The quantitative estimate of drug-likeness (QED) is 0.467. The SMILES string of the molecule is Cn1c(=O)c2c(nc(Cl)n2CC(=O)Nc2nc(-c3ccccc3Cl)cs2)n(C)c1=O. The van der Waals surface area contributed by atoms with Crippen molar-refractivity contribution in [1.82, 2.24) is 23.7 Å². The molecule has 0 atom stereocenters. The number of rotatable bonds is 4. The zero-order valence-electron chi connectivity index (χ0n) is 15.7. The summed E-state index contributed by atoms with van der Waals surface area (Å²) in [5, 5.41) is 5.31. The maximum Gasteiger partial charge on any atom is 0.332 e. The zero-order valence-corrected chi connectivity index (χ0v) is 18.0. The van der Waals surface area contributed by atoms with Gasteiger partial charge in [0.1, 0.15) is 6.54 Å². The molecule has 0 aliphatic rings. The number of imidazole rings is 1. The molecule has 1 aromatic carbocycles. The van der Waals surface area contributed by atoms with E-state index in [4.69, 9.17) is 23.2 Å². The van der Waals surface area contributed by atoms with Crippen LogP contribution in [0.15, 0.2) is 39.2 Å². The van der Waals surface area contributed by atoms with Gasteiger partial charge in [-0.15, -0.1) is 11.3 Å². The monoisotopic (exact) mass is 464 g/mol. The third-order valence-corrected chi connectivity index (χ3v) is 5.88. The van der Waals surface area contributed by atoms with Crippen LogP contribution in [-0.4, -0.2) is 29.6 Å². The number of aryl methyl sites for hydroxylation is 1. The maximum atomic E-state index is 12.6. The molecule has 4 rings (SSSR count). The van der Waals surface area contributed by atoms with E-state index in [1.54, 1.807) is 11.4 Å². The van der Waals surface area contributed by atoms with E-state index >= 15 is 0 Å². The molecular weight excluding hydrogens is 451 g/mol. The van der Waals surface area contributed by atoms with Crippen molar-refractivity contribution in [3.63, 3.8) is 0 Å². The molecule has 0 bridgehead atoms. The molecule has 0 aliphatic heterocycles. The lowest BCUT2D eigenvalue weighted by atomic mass is 10.2. The highest BCUT2D eigenvalue weighted by atomic mass is 35.5. The summed E-state index contributed by atoms with van der Waals surface area (Å²) < 4.78 is 3.40. The fraction of sp³-hybridized carbons (Fsp3) is 0.167. The average molecular weight is 465 g/mol. The largest absolute Gasteiger partial charge is 0.332 e. The topological polar surface area (TPSA) is 104 Å². The Hall–Kier alpha value is -2.95. The number of benzene rings is 1. The molecule has 0 saturated carbocycles. The minimum absolute atomic E-state index is 0.0654. The second-order valence-electron chi connectivity index (χ2n) is 6.41. The zero-order chi connectivity index (χ0) is 21.6. The highest BCUT2D eigenvalue weighted by molar-refractivity contribution is 7.14. The van der Waals surface area contributed by atoms with Gasteiger partial charge in [0, 0.05) is 30.1 Å². The second kappa shape index (κ2) is 7.71. The molecule has 3 aromatic heterocycles. The molecule has 0 fully saturated rings. The number of aromatic nitrogens is 5. The average Bonchev–Trinajstić information content (AvgIpc) is 3.30. The molecule has 0 unspecified atom stereocenters. The molecule has 1 amide bonds. The third-order valence-electron chi connectivity index (χ3n) is 4.50. The Balaban J connectivity index is 1.62. The number of thiazole rings is 1. The summed E-state index contributed by atoms with van der Waals surface area (Å²) in [5.41, 5.74) is 0.440. The molecule has 154 valence electrons. The van der Waals surface area contributed by atoms with Crippen molar-refractivity contribution in [3.05, 3.63) is 60.8 Å². The van der Waals surface area contributed by atoms with E-state index in [0.717, 1.165) is 10.1 Å². The summed E-state index contributed by atoms with van der Waals surface area (Å²) in [4.78, 5) is 45.6. The van der Waals surface area contributed by atoms with E-state index in [-0.39, 0.29) is 23.0 Å². The van der Waals surface area contributed by atoms with Crippen LogP contribution in [0.25, 0.3) is 22.4 Å². The van der Waals surface area contributed by atoms with Crippen molar-refractivity contribution in [2.45, 2.75) is 6.54 Å². The first-order valence-electron chi connectivity index (χ1n) is 8.60. The van der Waals surface area contributed by atoms with Crippen LogP contribution in [0.4, 0.5) is 5.13 Å². The summed E-state index contributed by atoms with van der Waals surface area (Å²) in [7, 11) is 2.82. The molecule has 4 aromatic rings. The van der Waals surface area contributed by atoms with Gasteiger partial charge in [-0.25, -0.2) is 9.78 Å². The molecule has 0 spiro atoms. The van der Waals surface area contributed by atoms with Crippen LogP contribution >= 0.6 is 34.5 Å². The Morgan fingerprint density at radius 1 is 1.13 bits per heavy atom. The fourth-order valence-corrected chi connectivity index (χ4v) is 4.17. The van der Waals surface area contributed by atoms with Gasteiger partial charge in [-0.1, -0.05) is 29.8 Å². The molecule has 1 N–H and O–H groups in total. The number of anilines is 1. The Morgan fingerprint density at radius 3 is 2.60 bits per heavy atom. The molecular formula is C18H14Cl2N6O3S. The van der Waals surface area contributed by atoms with E-state index in [0.29, 0.717) is 15.8 Å². The minimum atomic E-state index is -0.587. The van der Waals surface area contributed by atoms with Crippen molar-refractivity contribution in [2.24, 2.45) is 14.1 Å². The van der Waals surface area contributed by atoms with Crippen LogP contribution < -0.4 is 16.6 Å². The lowest BCUT2D eigenvalue weighted by Crippen LogP contribution is -2.37. The van der Waals surface area contributed by atoms with Crippen molar-refractivity contribution in [1.29, 1.82) is 0 Å². The second-order valence-corrected chi connectivity index (χ2v) is 8.01. The number of hydrogen-bond acceptors (Lipinski definition) is 6. The number of hydrogen-bond donors (Lipinski definition) is 1. The summed E-state index contributed by atoms with van der Waals surface area (Å²) in [6.45, 7) is -0.274. The first kappa shape index (κ1) is 20.3. The van der Waals surface area contributed by atoms with Gasteiger partial charge in [-0.2, -0.15) is 4.98 Å². The number of carbonyl (C=O) groups is 1. The van der Waals surface area contributed by atoms with Crippen molar-refractivity contribution in [3.8, 4) is 11.3 Å². The van der Waals surface area contributed by atoms with E-state index in [1.807, 2.05) is 18.2 Å². The molecule has 0 radical (unpaired) electrons. The van der Waals surface area contributed by atoms with E-state index in [1.165, 1.54) is 34.6 Å². The number of carbonyl (C=O) groups excluding carboxylic acids is 1. The lowest BCUT2D eigenvalue weighted by molar-refractivity contribution is -0.116. The van der Waals surface area contributed by atoms with Gasteiger partial charge in [0.15, 0.2) is 16.3 Å². The number of fused-ring (bicyclic) bond motifs is 1. The van der Waals surface area contributed by atoms with Crippen LogP contribution in [0.1, 0.15) is 0 Å². The lowest BCUT2D eigenvalue weighted by Gasteiger charge is -2.07. The standard InChI is InChI=1S/C18H14Cl2N6O3S/c1-24-14-13(15(28)25(2)18(24)29)26(16(20)23-14)7-12(27)22-17-21-11(8-30-17)9-5-3-4-6-10(9)19/h3-6,8H,7H2,1-2H3,(H,21,22,27). The van der Waals surface area contributed by atoms with Crippen LogP contribution in [0.5, 0.6) is 0 Å². The van der Waals surface area contributed by atoms with Gasteiger partial charge < -0.3 is 5.32 Å². The molecule has 9 nitrogen and oxygen atoms in total. The molecule has 12 heteroatoms. The van der Waals surface area contributed by atoms with Gasteiger partial charge in [-0.3, -0.25) is 23.3 Å². The predicted octanol–water partition coefficient (Wildman–Crippen LogP) is 2.50. The summed E-state index contributed by atoms with van der Waals surface area (Å²) in [6.07, 6.45) is 0. The van der Waals surface area contributed by atoms with Crippen molar-refractivity contribution < 1.29 is 4.79 Å². The molecule has 30 heavy (non-hydrogen) atoms. The number of amides is 1. The number of nitrogens with zero attached hydrogens (tertiary/aromatic N) is 5. The van der Waals surface area contributed by atoms with E-state index < -0.39 is 17.2 Å². The van der Waals surface area contributed by atoms with Gasteiger partial charge in [0.25, 0.3) is 5.56 Å².